The van der Waals surface area contributed by atoms with Crippen LogP contribution >= 0.6 is 0 Å². The van der Waals surface area contributed by atoms with Crippen LogP contribution in [0.1, 0.15) is 20.8 Å². The lowest BCUT2D eigenvalue weighted by Gasteiger charge is -2.23. The number of hydrogen-bond acceptors (Lipinski definition) is 4. The molecular weight excluding hydrogens is 222 g/mol. The third-order valence-corrected chi connectivity index (χ3v) is 2.39. The van der Waals surface area contributed by atoms with E-state index in [0.29, 0.717) is 26.2 Å². The Morgan fingerprint density at radius 1 is 1.35 bits per heavy atom. The average molecular weight is 245 g/mol. The molecule has 100 valence electrons. The molecule has 6 nitrogen and oxygen atoms in total. The Labute approximate surface area is 102 Å². The van der Waals surface area contributed by atoms with E-state index in [9.17, 15) is 9.59 Å². The van der Waals surface area contributed by atoms with Crippen molar-refractivity contribution in [3.8, 4) is 0 Å². The molecule has 1 unspecified atom stereocenters. The second-order valence-electron chi connectivity index (χ2n) is 3.71. The van der Waals surface area contributed by atoms with E-state index in [4.69, 9.17) is 10.5 Å². The first-order chi connectivity index (χ1) is 8.02. The highest BCUT2D eigenvalue weighted by atomic mass is 16.5. The summed E-state index contributed by atoms with van der Waals surface area (Å²) in [5.41, 5.74) is 4.91. The van der Waals surface area contributed by atoms with Gasteiger partial charge >= 0.3 is 0 Å². The van der Waals surface area contributed by atoms with Gasteiger partial charge in [0.15, 0.2) is 0 Å². The molecule has 0 radical (unpaired) electrons. The van der Waals surface area contributed by atoms with Gasteiger partial charge in [-0.05, 0) is 20.8 Å². The summed E-state index contributed by atoms with van der Waals surface area (Å²) in [6.45, 7) is 7.92. The molecule has 0 aromatic rings. The molecule has 0 aromatic carbocycles. The van der Waals surface area contributed by atoms with E-state index >= 15 is 0 Å². The summed E-state index contributed by atoms with van der Waals surface area (Å²) < 4.78 is 4.98. The summed E-state index contributed by atoms with van der Waals surface area (Å²) >= 11 is 0. The quantitative estimate of drug-likeness (QED) is 0.528. The molecule has 3 N–H and O–H groups in total. The second-order valence-corrected chi connectivity index (χ2v) is 3.71. The normalized spacial score (nSPS) is 12.2. The minimum atomic E-state index is -0.489. The van der Waals surface area contributed by atoms with Crippen LogP contribution in [0.25, 0.3) is 0 Å². The smallest absolute Gasteiger partial charge is 0.243 e. The van der Waals surface area contributed by atoms with Gasteiger partial charge in [0.25, 0.3) is 0 Å². The highest BCUT2D eigenvalue weighted by Gasteiger charge is 2.16. The average Bonchev–Trinajstić information content (AvgIpc) is 2.29. The zero-order valence-corrected chi connectivity index (χ0v) is 10.9. The molecule has 0 aliphatic carbocycles. The Balaban J connectivity index is 3.74. The lowest BCUT2D eigenvalue weighted by Crippen LogP contribution is -2.45. The fourth-order valence-corrected chi connectivity index (χ4v) is 1.42. The summed E-state index contributed by atoms with van der Waals surface area (Å²) in [6.07, 6.45) is 0. The SMILES string of the molecule is CCN(CC)C(=O)C(C)NCCOCC(N)=O. The first-order valence-corrected chi connectivity index (χ1v) is 5.91. The van der Waals surface area contributed by atoms with E-state index in [1.165, 1.54) is 0 Å². The lowest BCUT2D eigenvalue weighted by molar-refractivity contribution is -0.132. The van der Waals surface area contributed by atoms with Crippen LogP contribution in [0.2, 0.25) is 0 Å². The number of nitrogens with two attached hydrogens (primary N) is 1. The summed E-state index contributed by atoms with van der Waals surface area (Å²) in [4.78, 5) is 24.0. The Morgan fingerprint density at radius 3 is 2.41 bits per heavy atom. The minimum absolute atomic E-state index is 0.0740. The Morgan fingerprint density at radius 2 is 1.94 bits per heavy atom. The number of carbonyl (C=O) groups is 2. The summed E-state index contributed by atoms with van der Waals surface area (Å²) in [7, 11) is 0. The number of hydrogen-bond donors (Lipinski definition) is 2. The maximum Gasteiger partial charge on any atom is 0.243 e. The lowest BCUT2D eigenvalue weighted by atomic mass is 10.3. The molecule has 2 amide bonds. The van der Waals surface area contributed by atoms with E-state index in [-0.39, 0.29) is 18.6 Å². The molecule has 0 rings (SSSR count). The maximum atomic E-state index is 11.8. The number of nitrogens with one attached hydrogen (secondary N) is 1. The van der Waals surface area contributed by atoms with E-state index in [1.54, 1.807) is 4.90 Å². The van der Waals surface area contributed by atoms with Gasteiger partial charge in [0.1, 0.15) is 6.61 Å². The molecule has 0 heterocycles. The topological polar surface area (TPSA) is 84.7 Å². The molecule has 17 heavy (non-hydrogen) atoms. The van der Waals surface area contributed by atoms with Crippen molar-refractivity contribution < 1.29 is 14.3 Å². The van der Waals surface area contributed by atoms with Gasteiger partial charge in [-0.2, -0.15) is 0 Å². The number of nitrogens with zero attached hydrogens (tertiary/aromatic N) is 1. The molecule has 0 aromatic heterocycles. The van der Waals surface area contributed by atoms with Crippen LogP contribution < -0.4 is 11.1 Å². The molecule has 0 saturated carbocycles. The van der Waals surface area contributed by atoms with Crippen molar-refractivity contribution in [2.24, 2.45) is 5.73 Å². The van der Waals surface area contributed by atoms with Crippen molar-refractivity contribution in [2.45, 2.75) is 26.8 Å². The number of amides is 2. The van der Waals surface area contributed by atoms with E-state index in [1.807, 2.05) is 20.8 Å². The van der Waals surface area contributed by atoms with Crippen molar-refractivity contribution in [1.29, 1.82) is 0 Å². The summed E-state index contributed by atoms with van der Waals surface area (Å²) in [6, 6.07) is -0.243. The van der Waals surface area contributed by atoms with Gasteiger partial charge in [0.05, 0.1) is 12.6 Å². The van der Waals surface area contributed by atoms with Crippen LogP contribution in [-0.4, -0.2) is 55.6 Å². The van der Waals surface area contributed by atoms with Crippen molar-refractivity contribution in [3.05, 3.63) is 0 Å². The summed E-state index contributed by atoms with van der Waals surface area (Å²) in [5, 5.41) is 3.04. The number of ether oxygens (including phenoxy) is 1. The molecule has 0 fully saturated rings. The molecule has 0 aliphatic heterocycles. The van der Waals surface area contributed by atoms with Crippen LogP contribution in [0, 0.1) is 0 Å². The van der Waals surface area contributed by atoms with Crippen molar-refractivity contribution in [3.63, 3.8) is 0 Å². The molecular formula is C11H23N3O3. The zero-order chi connectivity index (χ0) is 13.3. The highest BCUT2D eigenvalue weighted by Crippen LogP contribution is 1.94. The third-order valence-electron chi connectivity index (χ3n) is 2.39. The van der Waals surface area contributed by atoms with E-state index < -0.39 is 5.91 Å². The predicted molar refractivity (Wildman–Crippen MR) is 65.4 cm³/mol. The van der Waals surface area contributed by atoms with Crippen LogP contribution in [0.5, 0.6) is 0 Å². The van der Waals surface area contributed by atoms with Crippen LogP contribution in [0.4, 0.5) is 0 Å². The molecule has 0 bridgehead atoms. The van der Waals surface area contributed by atoms with Gasteiger partial charge in [-0.1, -0.05) is 0 Å². The third kappa shape index (κ3) is 6.91. The van der Waals surface area contributed by atoms with Crippen LogP contribution in [0.3, 0.4) is 0 Å². The Bertz CT molecular complexity index is 242. The fraction of sp³-hybridized carbons (Fsp3) is 0.818. The number of carbonyl (C=O) groups excluding carboxylic acids is 2. The number of rotatable bonds is 9. The molecule has 0 spiro atoms. The number of likely N-dealkylation sites (N-methyl/N-ethyl adjacent to an activating group) is 1. The second kappa shape index (κ2) is 8.95. The molecule has 0 aliphatic rings. The highest BCUT2D eigenvalue weighted by molar-refractivity contribution is 5.81. The fourth-order valence-electron chi connectivity index (χ4n) is 1.42. The Kier molecular flexibility index (Phi) is 8.35. The van der Waals surface area contributed by atoms with Gasteiger partial charge in [-0.25, -0.2) is 0 Å². The maximum absolute atomic E-state index is 11.8. The first-order valence-electron chi connectivity index (χ1n) is 5.91. The van der Waals surface area contributed by atoms with E-state index in [2.05, 4.69) is 5.32 Å². The number of primary amides is 1. The predicted octanol–water partition coefficient (Wildman–Crippen LogP) is -0.665. The van der Waals surface area contributed by atoms with Crippen LogP contribution in [0.15, 0.2) is 0 Å². The standard InChI is InChI=1S/C11H23N3O3/c1-4-14(5-2)11(16)9(3)13-6-7-17-8-10(12)15/h9,13H,4-8H2,1-3H3,(H2,12,15). The van der Waals surface area contributed by atoms with Gasteiger partial charge in [0, 0.05) is 19.6 Å². The molecule has 0 saturated heterocycles. The van der Waals surface area contributed by atoms with Crippen LogP contribution in [-0.2, 0) is 14.3 Å². The zero-order valence-electron chi connectivity index (χ0n) is 10.9. The molecule has 6 heteroatoms. The van der Waals surface area contributed by atoms with Crippen molar-refractivity contribution in [1.82, 2.24) is 10.2 Å². The van der Waals surface area contributed by atoms with E-state index in [0.717, 1.165) is 0 Å². The Hall–Kier alpha value is -1.14. The van der Waals surface area contributed by atoms with Crippen molar-refractivity contribution >= 4 is 11.8 Å². The summed E-state index contributed by atoms with van der Waals surface area (Å²) in [5.74, 6) is -0.415. The van der Waals surface area contributed by atoms with Gasteiger partial charge < -0.3 is 20.7 Å². The monoisotopic (exact) mass is 245 g/mol. The molecule has 1 atom stereocenters. The first kappa shape index (κ1) is 15.9. The van der Waals surface area contributed by atoms with Gasteiger partial charge in [-0.3, -0.25) is 9.59 Å². The minimum Gasteiger partial charge on any atom is -0.370 e. The largest absolute Gasteiger partial charge is 0.370 e. The van der Waals surface area contributed by atoms with Gasteiger partial charge in [0.2, 0.25) is 11.8 Å². The van der Waals surface area contributed by atoms with Crippen molar-refractivity contribution in [2.75, 3.05) is 32.8 Å². The van der Waals surface area contributed by atoms with Gasteiger partial charge in [-0.15, -0.1) is 0 Å².